The van der Waals surface area contributed by atoms with Crippen molar-refractivity contribution in [1.82, 2.24) is 10.2 Å². The van der Waals surface area contributed by atoms with Gasteiger partial charge in [-0.1, -0.05) is 42.5 Å². The summed E-state index contributed by atoms with van der Waals surface area (Å²) < 4.78 is 0. The number of nitrogens with zero attached hydrogens (tertiary/aromatic N) is 1. The largest absolute Gasteiger partial charge is 0.393 e. The molecule has 1 aromatic rings. The zero-order chi connectivity index (χ0) is 14.5. The van der Waals surface area contributed by atoms with Gasteiger partial charge in [-0.25, -0.2) is 0 Å². The molecule has 0 radical (unpaired) electrons. The van der Waals surface area contributed by atoms with E-state index in [2.05, 4.69) is 10.2 Å². The van der Waals surface area contributed by atoms with Gasteiger partial charge in [0.15, 0.2) is 0 Å². The Bertz CT molecular complexity index is 477. The van der Waals surface area contributed by atoms with E-state index in [1.807, 2.05) is 30.3 Å². The highest BCUT2D eigenvalue weighted by Gasteiger charge is 2.32. The number of nitrogens with one attached hydrogen (secondary N) is 1. The van der Waals surface area contributed by atoms with Crippen molar-refractivity contribution in [2.24, 2.45) is 5.73 Å². The molecule has 0 spiro atoms. The first-order valence-corrected chi connectivity index (χ1v) is 7.34. The van der Waals surface area contributed by atoms with Crippen LogP contribution in [0.5, 0.6) is 0 Å². The average molecular weight is 291 g/mol. The van der Waals surface area contributed by atoms with E-state index < -0.39 is 0 Å². The molecule has 1 aliphatic heterocycles. The Hall–Kier alpha value is -1.46. The van der Waals surface area contributed by atoms with Gasteiger partial charge in [0.25, 0.3) is 0 Å². The van der Waals surface area contributed by atoms with Crippen LogP contribution in [0.2, 0.25) is 0 Å². The van der Waals surface area contributed by atoms with Crippen LogP contribution in [0.25, 0.3) is 0 Å². The van der Waals surface area contributed by atoms with Gasteiger partial charge in [-0.05, 0) is 24.9 Å². The van der Waals surface area contributed by atoms with Gasteiger partial charge in [-0.2, -0.15) is 0 Å². The van der Waals surface area contributed by atoms with Crippen LogP contribution in [0.15, 0.2) is 30.3 Å². The summed E-state index contributed by atoms with van der Waals surface area (Å²) in [5.74, 6) is 0.0775. The molecule has 0 saturated carbocycles. The number of benzene rings is 1. The van der Waals surface area contributed by atoms with Crippen molar-refractivity contribution >= 4 is 23.1 Å². The molecule has 20 heavy (non-hydrogen) atoms. The van der Waals surface area contributed by atoms with Crippen LogP contribution in [0.4, 0.5) is 0 Å². The molecule has 0 aliphatic carbocycles. The van der Waals surface area contributed by atoms with Crippen molar-refractivity contribution in [1.29, 1.82) is 0 Å². The van der Waals surface area contributed by atoms with E-state index in [1.54, 1.807) is 7.05 Å². The summed E-state index contributed by atoms with van der Waals surface area (Å²) in [6.45, 7) is 1.63. The monoisotopic (exact) mass is 291 g/mol. The molecule has 1 amide bonds. The molecule has 5 heteroatoms. The van der Waals surface area contributed by atoms with Gasteiger partial charge in [0.05, 0.1) is 11.0 Å². The van der Waals surface area contributed by atoms with Crippen LogP contribution < -0.4 is 11.1 Å². The summed E-state index contributed by atoms with van der Waals surface area (Å²) >= 11 is 5.22. The van der Waals surface area contributed by atoms with Crippen LogP contribution in [-0.4, -0.2) is 42.0 Å². The number of amides is 1. The van der Waals surface area contributed by atoms with Crippen molar-refractivity contribution in [3.05, 3.63) is 35.9 Å². The van der Waals surface area contributed by atoms with Gasteiger partial charge in [0, 0.05) is 19.5 Å². The highest BCUT2D eigenvalue weighted by Crippen LogP contribution is 2.24. The maximum atomic E-state index is 11.9. The maximum absolute atomic E-state index is 11.9. The minimum atomic E-state index is -0.0550. The number of thiocarbonyl (C=S) groups is 1. The van der Waals surface area contributed by atoms with Crippen molar-refractivity contribution in [3.63, 3.8) is 0 Å². The predicted octanol–water partition coefficient (Wildman–Crippen LogP) is 1.27. The van der Waals surface area contributed by atoms with Crippen LogP contribution in [-0.2, 0) is 4.79 Å². The molecule has 3 N–H and O–H groups in total. The second-order valence-corrected chi connectivity index (χ2v) is 5.60. The van der Waals surface area contributed by atoms with Crippen molar-refractivity contribution < 1.29 is 4.79 Å². The molecule has 0 aromatic heterocycles. The molecule has 0 bridgehead atoms. The van der Waals surface area contributed by atoms with Gasteiger partial charge in [0.1, 0.15) is 0 Å². The van der Waals surface area contributed by atoms with Crippen molar-refractivity contribution in [2.75, 3.05) is 20.1 Å². The van der Waals surface area contributed by atoms with E-state index in [4.69, 9.17) is 18.0 Å². The SMILES string of the molecule is CNC(=O)C1CCCN1CC(C(N)=S)c1ccccc1. The molecule has 2 unspecified atom stereocenters. The summed E-state index contributed by atoms with van der Waals surface area (Å²) in [7, 11) is 1.68. The number of carbonyl (C=O) groups is 1. The second kappa shape index (κ2) is 6.81. The van der Waals surface area contributed by atoms with Crippen LogP contribution in [0.3, 0.4) is 0 Å². The number of carbonyl (C=O) groups excluding carboxylic acids is 1. The number of hydrogen-bond donors (Lipinski definition) is 2. The Labute approximate surface area is 125 Å². The Balaban J connectivity index is 2.13. The Morgan fingerprint density at radius 1 is 1.50 bits per heavy atom. The maximum Gasteiger partial charge on any atom is 0.237 e. The lowest BCUT2D eigenvalue weighted by Crippen LogP contribution is -2.44. The molecule has 1 fully saturated rings. The van der Waals surface area contributed by atoms with Gasteiger partial charge >= 0.3 is 0 Å². The van der Waals surface area contributed by atoms with Crippen molar-refractivity contribution in [3.8, 4) is 0 Å². The highest BCUT2D eigenvalue weighted by molar-refractivity contribution is 7.80. The van der Waals surface area contributed by atoms with Gasteiger partial charge in [0.2, 0.25) is 5.91 Å². The molecule has 1 aliphatic rings. The number of likely N-dealkylation sites (N-methyl/N-ethyl adjacent to an activating group) is 1. The van der Waals surface area contributed by atoms with E-state index in [1.165, 1.54) is 0 Å². The van der Waals surface area contributed by atoms with E-state index in [0.29, 0.717) is 11.5 Å². The summed E-state index contributed by atoms with van der Waals surface area (Å²) in [6, 6.07) is 9.97. The molecule has 108 valence electrons. The quantitative estimate of drug-likeness (QED) is 0.802. The number of rotatable bonds is 5. The van der Waals surface area contributed by atoms with Crippen molar-refractivity contribution in [2.45, 2.75) is 24.8 Å². The molecular weight excluding hydrogens is 270 g/mol. The molecule has 4 nitrogen and oxygen atoms in total. The number of likely N-dealkylation sites (tertiary alicyclic amines) is 1. The fraction of sp³-hybridized carbons (Fsp3) is 0.467. The Morgan fingerprint density at radius 2 is 2.20 bits per heavy atom. The third-order valence-corrected chi connectivity index (χ3v) is 4.16. The molecule has 2 atom stereocenters. The molecular formula is C15H21N3OS. The van der Waals surface area contributed by atoms with Crippen LogP contribution in [0, 0.1) is 0 Å². The van der Waals surface area contributed by atoms with E-state index in [9.17, 15) is 4.79 Å². The summed E-state index contributed by atoms with van der Waals surface area (Å²) in [5, 5.41) is 2.73. The zero-order valence-corrected chi connectivity index (χ0v) is 12.5. The third-order valence-electron chi connectivity index (χ3n) is 3.88. The lowest BCUT2D eigenvalue weighted by Gasteiger charge is -2.27. The van der Waals surface area contributed by atoms with Gasteiger partial charge in [-0.3, -0.25) is 9.69 Å². The highest BCUT2D eigenvalue weighted by atomic mass is 32.1. The normalized spacial score (nSPS) is 20.6. The minimum Gasteiger partial charge on any atom is -0.393 e. The summed E-state index contributed by atoms with van der Waals surface area (Å²) in [6.07, 6.45) is 1.94. The van der Waals surface area contributed by atoms with E-state index >= 15 is 0 Å². The first kappa shape index (κ1) is 14.9. The van der Waals surface area contributed by atoms with Crippen LogP contribution in [0.1, 0.15) is 24.3 Å². The van der Waals surface area contributed by atoms with Gasteiger partial charge < -0.3 is 11.1 Å². The van der Waals surface area contributed by atoms with Crippen LogP contribution >= 0.6 is 12.2 Å². The zero-order valence-electron chi connectivity index (χ0n) is 11.7. The number of hydrogen-bond acceptors (Lipinski definition) is 3. The Morgan fingerprint density at radius 3 is 2.80 bits per heavy atom. The third kappa shape index (κ3) is 3.35. The first-order chi connectivity index (χ1) is 9.63. The topological polar surface area (TPSA) is 58.4 Å². The van der Waals surface area contributed by atoms with Gasteiger partial charge in [-0.15, -0.1) is 0 Å². The van der Waals surface area contributed by atoms with E-state index in [-0.39, 0.29) is 17.9 Å². The molecule has 1 heterocycles. The average Bonchev–Trinajstić information content (AvgIpc) is 2.92. The molecule has 2 rings (SSSR count). The second-order valence-electron chi connectivity index (χ2n) is 5.13. The van der Waals surface area contributed by atoms with E-state index in [0.717, 1.165) is 24.9 Å². The molecule has 1 aromatic carbocycles. The lowest BCUT2D eigenvalue weighted by molar-refractivity contribution is -0.124. The predicted molar refractivity (Wildman–Crippen MR) is 84.6 cm³/mol. The fourth-order valence-electron chi connectivity index (χ4n) is 2.79. The standard InChI is InChI=1S/C15H21N3OS/c1-17-15(19)13-8-5-9-18(13)10-12(14(16)20)11-6-3-2-4-7-11/h2-4,6-7,12-13H,5,8-10H2,1H3,(H2,16,20)(H,17,19). The Kier molecular flexibility index (Phi) is 5.09. The minimum absolute atomic E-state index is 0.00328. The summed E-state index contributed by atoms with van der Waals surface area (Å²) in [4.78, 5) is 14.6. The first-order valence-electron chi connectivity index (χ1n) is 6.93. The fourth-order valence-corrected chi connectivity index (χ4v) is 3.00. The lowest BCUT2D eigenvalue weighted by atomic mass is 9.98. The number of nitrogens with two attached hydrogens (primary N) is 1. The molecule has 1 saturated heterocycles. The smallest absolute Gasteiger partial charge is 0.237 e. The summed E-state index contributed by atoms with van der Waals surface area (Å²) in [5.41, 5.74) is 7.02.